The second-order valence-electron chi connectivity index (χ2n) is 7.28. The highest BCUT2D eigenvalue weighted by Crippen LogP contribution is 2.19. The van der Waals surface area contributed by atoms with Crippen LogP contribution in [0.5, 0.6) is 0 Å². The van der Waals surface area contributed by atoms with Gasteiger partial charge < -0.3 is 10.6 Å². The second kappa shape index (κ2) is 8.47. The molecule has 1 aromatic heterocycles. The minimum absolute atomic E-state index is 0.00238. The van der Waals surface area contributed by atoms with Gasteiger partial charge >= 0.3 is 0 Å². The van der Waals surface area contributed by atoms with Gasteiger partial charge in [0.1, 0.15) is 11.6 Å². The Morgan fingerprint density at radius 2 is 1.81 bits per heavy atom. The van der Waals surface area contributed by atoms with Gasteiger partial charge in [0.15, 0.2) is 5.82 Å². The maximum atomic E-state index is 12.4. The Morgan fingerprint density at radius 3 is 2.41 bits per heavy atom. The second-order valence-corrected chi connectivity index (χ2v) is 7.28. The average molecular weight is 368 g/mol. The number of amides is 2. The van der Waals surface area contributed by atoms with Crippen molar-refractivity contribution in [2.45, 2.75) is 26.3 Å². The molecule has 0 fully saturated rings. The van der Waals surface area contributed by atoms with Gasteiger partial charge in [-0.15, -0.1) is 0 Å². The number of carbonyl (C=O) groups is 2. The smallest absolute Gasteiger partial charge is 0.239 e. The third-order valence-electron chi connectivity index (χ3n) is 3.49. The van der Waals surface area contributed by atoms with Crippen LogP contribution in [-0.2, 0) is 9.59 Å². The molecule has 0 bridgehead atoms. The van der Waals surface area contributed by atoms with Crippen molar-refractivity contribution in [3.8, 4) is 11.8 Å². The molecule has 8 nitrogen and oxygen atoms in total. The molecule has 2 aromatic rings. The molecule has 0 spiro atoms. The van der Waals surface area contributed by atoms with Gasteiger partial charge in [0.2, 0.25) is 11.8 Å². The summed E-state index contributed by atoms with van der Waals surface area (Å²) < 4.78 is 1.50. The van der Waals surface area contributed by atoms with Gasteiger partial charge in [-0.2, -0.15) is 10.4 Å². The van der Waals surface area contributed by atoms with E-state index < -0.39 is 0 Å². The number of benzene rings is 1. The highest BCUT2D eigenvalue weighted by molar-refractivity contribution is 5.93. The van der Waals surface area contributed by atoms with Gasteiger partial charge in [-0.25, -0.2) is 4.68 Å². The lowest BCUT2D eigenvalue weighted by Crippen LogP contribution is -2.46. The average Bonchev–Trinajstić information content (AvgIpc) is 2.95. The van der Waals surface area contributed by atoms with Crippen LogP contribution in [0.3, 0.4) is 0 Å². The minimum atomic E-state index is -0.338. The van der Waals surface area contributed by atoms with E-state index in [4.69, 9.17) is 0 Å². The summed E-state index contributed by atoms with van der Waals surface area (Å²) in [6.07, 6.45) is 1.41. The number of rotatable bonds is 6. The van der Waals surface area contributed by atoms with E-state index in [-0.39, 0.29) is 36.0 Å². The van der Waals surface area contributed by atoms with Crippen LogP contribution in [0.4, 0.5) is 5.82 Å². The number of hydrogen-bond acceptors (Lipinski definition) is 5. The van der Waals surface area contributed by atoms with Gasteiger partial charge in [0.25, 0.3) is 0 Å². The number of nitrogens with one attached hydrogen (secondary N) is 2. The van der Waals surface area contributed by atoms with E-state index in [1.54, 1.807) is 11.9 Å². The highest BCUT2D eigenvalue weighted by Gasteiger charge is 2.19. The number of aromatic nitrogens is 2. The van der Waals surface area contributed by atoms with Gasteiger partial charge in [0.05, 0.1) is 25.0 Å². The summed E-state index contributed by atoms with van der Waals surface area (Å²) >= 11 is 0. The van der Waals surface area contributed by atoms with E-state index in [9.17, 15) is 14.9 Å². The number of hydrogen-bond donors (Lipinski definition) is 2. The molecule has 0 atom stereocenters. The Labute approximate surface area is 158 Å². The lowest BCUT2D eigenvalue weighted by molar-refractivity contribution is -0.124. The Morgan fingerprint density at radius 1 is 1.19 bits per heavy atom. The summed E-state index contributed by atoms with van der Waals surface area (Å²) in [7, 11) is 1.68. The van der Waals surface area contributed by atoms with Crippen LogP contribution >= 0.6 is 0 Å². The largest absolute Gasteiger partial charge is 0.350 e. The van der Waals surface area contributed by atoms with Crippen molar-refractivity contribution in [2.24, 2.45) is 0 Å². The van der Waals surface area contributed by atoms with Crippen LogP contribution in [0, 0.1) is 11.3 Å². The number of nitrogens with zero attached hydrogens (tertiary/aromatic N) is 4. The lowest BCUT2D eigenvalue weighted by atomic mass is 10.1. The minimum Gasteiger partial charge on any atom is -0.350 e. The first-order valence-corrected chi connectivity index (χ1v) is 8.52. The predicted molar refractivity (Wildman–Crippen MR) is 102 cm³/mol. The molecule has 0 saturated heterocycles. The third-order valence-corrected chi connectivity index (χ3v) is 3.49. The van der Waals surface area contributed by atoms with Gasteiger partial charge in [0, 0.05) is 5.54 Å². The fraction of sp³-hybridized carbons (Fsp3) is 0.368. The summed E-state index contributed by atoms with van der Waals surface area (Å²) in [4.78, 5) is 26.0. The van der Waals surface area contributed by atoms with E-state index in [0.29, 0.717) is 5.82 Å². The maximum Gasteiger partial charge on any atom is 0.239 e. The molecule has 0 aliphatic rings. The molecule has 27 heavy (non-hydrogen) atoms. The van der Waals surface area contributed by atoms with Crippen molar-refractivity contribution in [1.82, 2.24) is 20.0 Å². The molecule has 142 valence electrons. The number of nitriles is 1. The highest BCUT2D eigenvalue weighted by atomic mass is 16.2. The molecule has 0 unspecified atom stereocenters. The van der Waals surface area contributed by atoms with E-state index in [1.807, 2.05) is 57.2 Å². The fourth-order valence-electron chi connectivity index (χ4n) is 2.49. The zero-order chi connectivity index (χ0) is 20.0. The molecule has 0 aliphatic heterocycles. The van der Waals surface area contributed by atoms with Gasteiger partial charge in [-0.1, -0.05) is 18.2 Å². The van der Waals surface area contributed by atoms with E-state index in [1.165, 1.54) is 10.9 Å². The molecule has 1 aromatic carbocycles. The van der Waals surface area contributed by atoms with Crippen molar-refractivity contribution in [1.29, 1.82) is 5.26 Å². The van der Waals surface area contributed by atoms with Crippen molar-refractivity contribution >= 4 is 17.6 Å². The van der Waals surface area contributed by atoms with E-state index in [0.717, 1.165) is 5.69 Å². The zero-order valence-electron chi connectivity index (χ0n) is 16.0. The third kappa shape index (κ3) is 5.94. The Bertz CT molecular complexity index is 845. The molecule has 2 N–H and O–H groups in total. The van der Waals surface area contributed by atoms with Crippen molar-refractivity contribution in [3.63, 3.8) is 0 Å². The maximum absolute atomic E-state index is 12.4. The summed E-state index contributed by atoms with van der Waals surface area (Å²) in [6.45, 7) is 5.78. The Kier molecular flexibility index (Phi) is 6.32. The number of para-hydroxylation sites is 1. The molecule has 0 aliphatic carbocycles. The first kappa shape index (κ1) is 20.1. The van der Waals surface area contributed by atoms with E-state index in [2.05, 4.69) is 15.7 Å². The quantitative estimate of drug-likeness (QED) is 0.805. The zero-order valence-corrected chi connectivity index (χ0v) is 16.0. The van der Waals surface area contributed by atoms with Crippen LogP contribution in [0.25, 0.3) is 5.69 Å². The SMILES string of the molecule is CN(CC(=O)Nc1c(C#N)cnn1-c1ccccc1)CC(=O)NC(C)(C)C. The normalized spacial score (nSPS) is 11.1. The predicted octanol–water partition coefficient (Wildman–Crippen LogP) is 1.53. The molecule has 0 radical (unpaired) electrons. The number of carbonyl (C=O) groups excluding carboxylic acids is 2. The molecule has 2 rings (SSSR count). The van der Waals surface area contributed by atoms with E-state index >= 15 is 0 Å². The summed E-state index contributed by atoms with van der Waals surface area (Å²) in [5, 5.41) is 19.0. The monoisotopic (exact) mass is 368 g/mol. The summed E-state index contributed by atoms with van der Waals surface area (Å²) in [6, 6.07) is 11.2. The molecular weight excluding hydrogens is 344 g/mol. The first-order chi connectivity index (χ1) is 12.7. The number of likely N-dealkylation sites (N-methyl/N-ethyl adjacent to an activating group) is 1. The standard InChI is InChI=1S/C19H24N6O2/c1-19(2,3)23-17(27)13-24(4)12-16(26)22-18-14(10-20)11-21-25(18)15-8-6-5-7-9-15/h5-9,11H,12-13H2,1-4H3,(H,22,26)(H,23,27). The van der Waals surface area contributed by atoms with Gasteiger partial charge in [-0.3, -0.25) is 14.5 Å². The lowest BCUT2D eigenvalue weighted by Gasteiger charge is -2.23. The first-order valence-electron chi connectivity index (χ1n) is 8.52. The fourth-order valence-corrected chi connectivity index (χ4v) is 2.49. The molecule has 2 amide bonds. The number of anilines is 1. The van der Waals surface area contributed by atoms with Crippen LogP contribution in [0.2, 0.25) is 0 Å². The van der Waals surface area contributed by atoms with Crippen LogP contribution in [-0.4, -0.2) is 52.2 Å². The van der Waals surface area contributed by atoms with Crippen LogP contribution in [0.15, 0.2) is 36.5 Å². The summed E-state index contributed by atoms with van der Waals surface area (Å²) in [5.41, 5.74) is 0.664. The van der Waals surface area contributed by atoms with Gasteiger partial charge in [-0.05, 0) is 40.0 Å². The summed E-state index contributed by atoms with van der Waals surface area (Å²) in [5.74, 6) is -0.193. The molecule has 0 saturated carbocycles. The molecule has 1 heterocycles. The van der Waals surface area contributed by atoms with Crippen LogP contribution in [0.1, 0.15) is 26.3 Å². The van der Waals surface area contributed by atoms with Crippen LogP contribution < -0.4 is 10.6 Å². The Balaban J connectivity index is 2.05. The topological polar surface area (TPSA) is 103 Å². The molecule has 8 heteroatoms. The van der Waals surface area contributed by atoms with Crippen molar-refractivity contribution in [3.05, 3.63) is 42.1 Å². The van der Waals surface area contributed by atoms with Crippen molar-refractivity contribution in [2.75, 3.05) is 25.5 Å². The van der Waals surface area contributed by atoms with Crippen molar-refractivity contribution < 1.29 is 9.59 Å². The Hall–Kier alpha value is -3.18. The molecular formula is C19H24N6O2.